The monoisotopic (exact) mass is 365 g/mol. The molecule has 1 aromatic heterocycles. The van der Waals surface area contributed by atoms with Gasteiger partial charge in [0, 0.05) is 25.5 Å². The van der Waals surface area contributed by atoms with E-state index in [1.54, 1.807) is 41.9 Å². The lowest BCUT2D eigenvalue weighted by molar-refractivity contribution is -0.138. The fourth-order valence-electron chi connectivity index (χ4n) is 3.07. The summed E-state index contributed by atoms with van der Waals surface area (Å²) in [6, 6.07) is 6.53. The molecule has 1 saturated heterocycles. The van der Waals surface area contributed by atoms with Crippen LogP contribution >= 0.6 is 0 Å². The van der Waals surface area contributed by atoms with Crippen LogP contribution in [0.3, 0.4) is 0 Å². The molecular formula is C17H20FN3O3S. The molecule has 8 heteroatoms. The topological polar surface area (TPSA) is 72.3 Å². The maximum atomic E-state index is 13.0. The molecule has 0 radical (unpaired) electrons. The van der Waals surface area contributed by atoms with Crippen LogP contribution in [0.15, 0.2) is 47.6 Å². The van der Waals surface area contributed by atoms with Crippen LogP contribution in [0.25, 0.3) is 0 Å². The summed E-state index contributed by atoms with van der Waals surface area (Å²) in [5.74, 6) is -0.656. The summed E-state index contributed by atoms with van der Waals surface area (Å²) >= 11 is 0. The maximum absolute atomic E-state index is 13.0. The fraction of sp³-hybridized carbons (Fsp3) is 0.412. The highest BCUT2D eigenvalue weighted by atomic mass is 32.2. The predicted octanol–water partition coefficient (Wildman–Crippen LogP) is 1.83. The molecule has 1 atom stereocenters. The normalized spacial score (nSPS) is 18.5. The highest BCUT2D eigenvalue weighted by Gasteiger charge is 2.41. The van der Waals surface area contributed by atoms with E-state index in [2.05, 4.69) is 5.10 Å². The van der Waals surface area contributed by atoms with E-state index in [9.17, 15) is 17.6 Å². The Kier molecular flexibility index (Phi) is 4.40. The van der Waals surface area contributed by atoms with E-state index in [1.165, 1.54) is 12.1 Å². The zero-order valence-electron chi connectivity index (χ0n) is 14.1. The lowest BCUT2D eigenvalue weighted by atomic mass is 10.0. The molecule has 1 aromatic carbocycles. The average Bonchev–Trinajstić information content (AvgIpc) is 3.26. The summed E-state index contributed by atoms with van der Waals surface area (Å²) in [6.07, 6.45) is 3.67. The zero-order valence-corrected chi connectivity index (χ0v) is 14.9. The summed E-state index contributed by atoms with van der Waals surface area (Å²) in [6.45, 7) is 4.01. The Morgan fingerprint density at radius 3 is 2.56 bits per heavy atom. The van der Waals surface area contributed by atoms with E-state index in [0.29, 0.717) is 13.0 Å². The van der Waals surface area contributed by atoms with Crippen LogP contribution in [0.1, 0.15) is 20.3 Å². The van der Waals surface area contributed by atoms with E-state index in [0.717, 1.165) is 12.1 Å². The largest absolute Gasteiger partial charge is 0.339 e. The fourth-order valence-corrected chi connectivity index (χ4v) is 4.76. The van der Waals surface area contributed by atoms with Crippen molar-refractivity contribution >= 4 is 15.7 Å². The van der Waals surface area contributed by atoms with E-state index in [1.807, 2.05) is 0 Å². The van der Waals surface area contributed by atoms with Crippen LogP contribution in [0.5, 0.6) is 0 Å². The molecule has 2 aromatic rings. The van der Waals surface area contributed by atoms with Crippen LogP contribution in [0.2, 0.25) is 0 Å². The number of sulfone groups is 1. The number of benzene rings is 1. The van der Waals surface area contributed by atoms with Crippen molar-refractivity contribution in [3.8, 4) is 0 Å². The van der Waals surface area contributed by atoms with Gasteiger partial charge in [-0.15, -0.1) is 0 Å². The lowest BCUT2D eigenvalue weighted by Gasteiger charge is -2.29. The Morgan fingerprint density at radius 1 is 1.28 bits per heavy atom. The van der Waals surface area contributed by atoms with Gasteiger partial charge in [0.1, 0.15) is 11.4 Å². The van der Waals surface area contributed by atoms with Gasteiger partial charge in [-0.3, -0.25) is 9.48 Å². The molecule has 0 bridgehead atoms. The number of nitrogens with zero attached hydrogens (tertiary/aromatic N) is 3. The summed E-state index contributed by atoms with van der Waals surface area (Å²) < 4.78 is 40.0. The number of hydrogen-bond donors (Lipinski definition) is 0. The molecule has 2 heterocycles. The van der Waals surface area contributed by atoms with Gasteiger partial charge in [0.05, 0.1) is 10.1 Å². The number of hydrogen-bond acceptors (Lipinski definition) is 4. The highest BCUT2D eigenvalue weighted by molar-refractivity contribution is 7.92. The first-order valence-electron chi connectivity index (χ1n) is 8.02. The molecule has 1 aliphatic rings. The predicted molar refractivity (Wildman–Crippen MR) is 90.1 cm³/mol. The third-order valence-corrected chi connectivity index (χ3v) is 6.81. The molecule has 6 nitrogen and oxygen atoms in total. The van der Waals surface area contributed by atoms with Gasteiger partial charge in [-0.25, -0.2) is 12.8 Å². The Labute approximate surface area is 146 Å². The van der Waals surface area contributed by atoms with Crippen LogP contribution in [-0.2, 0) is 20.2 Å². The van der Waals surface area contributed by atoms with Gasteiger partial charge in [-0.05, 0) is 50.6 Å². The van der Waals surface area contributed by atoms with Gasteiger partial charge in [-0.1, -0.05) is 0 Å². The summed E-state index contributed by atoms with van der Waals surface area (Å²) in [5, 5.41) is 3.43. The number of aromatic nitrogens is 2. The summed E-state index contributed by atoms with van der Waals surface area (Å²) in [4.78, 5) is 14.5. The van der Waals surface area contributed by atoms with Gasteiger partial charge >= 0.3 is 0 Å². The molecule has 0 aliphatic carbocycles. The van der Waals surface area contributed by atoms with Crippen molar-refractivity contribution in [2.24, 2.45) is 0 Å². The zero-order chi connectivity index (χ0) is 18.2. The van der Waals surface area contributed by atoms with E-state index in [4.69, 9.17) is 0 Å². The van der Waals surface area contributed by atoms with Gasteiger partial charge in [0.15, 0.2) is 9.84 Å². The second-order valence-corrected chi connectivity index (χ2v) is 8.90. The molecule has 0 N–H and O–H groups in total. The minimum atomic E-state index is -3.60. The quantitative estimate of drug-likeness (QED) is 0.775. The van der Waals surface area contributed by atoms with E-state index in [-0.39, 0.29) is 17.3 Å². The number of halogens is 1. The summed E-state index contributed by atoms with van der Waals surface area (Å²) in [7, 11) is -3.60. The molecule has 0 saturated carbocycles. The molecule has 1 aliphatic heterocycles. The SMILES string of the molecule is CC(C)(C(=O)N1CCC(S(=O)(=O)c2ccc(F)cc2)C1)n1cccn1. The molecule has 1 unspecified atom stereocenters. The number of likely N-dealkylation sites (tertiary alicyclic amines) is 1. The molecule has 1 amide bonds. The summed E-state index contributed by atoms with van der Waals surface area (Å²) in [5.41, 5.74) is -0.891. The first-order valence-corrected chi connectivity index (χ1v) is 9.56. The van der Waals surface area contributed by atoms with Crippen LogP contribution in [-0.4, -0.2) is 47.3 Å². The van der Waals surface area contributed by atoms with Crippen LogP contribution in [0, 0.1) is 5.82 Å². The Balaban J connectivity index is 1.77. The van der Waals surface area contributed by atoms with Crippen molar-refractivity contribution in [3.63, 3.8) is 0 Å². The third-order valence-electron chi connectivity index (χ3n) is 4.61. The minimum Gasteiger partial charge on any atom is -0.339 e. The second-order valence-electron chi connectivity index (χ2n) is 6.67. The first-order chi connectivity index (χ1) is 11.7. The molecule has 0 spiro atoms. The van der Waals surface area contributed by atoms with Crippen molar-refractivity contribution in [1.29, 1.82) is 0 Å². The number of carbonyl (C=O) groups is 1. The molecular weight excluding hydrogens is 345 g/mol. The minimum absolute atomic E-state index is 0.0829. The molecule has 1 fully saturated rings. The number of amides is 1. The van der Waals surface area contributed by atoms with Crippen molar-refractivity contribution in [2.75, 3.05) is 13.1 Å². The van der Waals surface area contributed by atoms with Gasteiger partial charge in [0.2, 0.25) is 5.91 Å². The number of carbonyl (C=O) groups excluding carboxylic acids is 1. The first kappa shape index (κ1) is 17.6. The van der Waals surface area contributed by atoms with Crippen molar-refractivity contribution in [2.45, 2.75) is 36.0 Å². The Hall–Kier alpha value is -2.22. The van der Waals surface area contributed by atoms with Crippen LogP contribution in [0.4, 0.5) is 4.39 Å². The molecule has 25 heavy (non-hydrogen) atoms. The van der Waals surface area contributed by atoms with E-state index < -0.39 is 26.4 Å². The van der Waals surface area contributed by atoms with Gasteiger partial charge in [0.25, 0.3) is 0 Å². The standard InChI is InChI=1S/C17H20FN3O3S/c1-17(2,21-10-3-9-19-21)16(22)20-11-8-15(12-20)25(23,24)14-6-4-13(18)5-7-14/h3-7,9-10,15H,8,11-12H2,1-2H3. The van der Waals surface area contributed by atoms with Crippen molar-refractivity contribution in [1.82, 2.24) is 14.7 Å². The van der Waals surface area contributed by atoms with Crippen molar-refractivity contribution in [3.05, 3.63) is 48.5 Å². The highest BCUT2D eigenvalue weighted by Crippen LogP contribution is 2.27. The Morgan fingerprint density at radius 2 is 1.96 bits per heavy atom. The smallest absolute Gasteiger partial charge is 0.250 e. The second kappa shape index (κ2) is 6.25. The third kappa shape index (κ3) is 3.18. The van der Waals surface area contributed by atoms with Crippen molar-refractivity contribution < 1.29 is 17.6 Å². The molecule has 3 rings (SSSR count). The van der Waals surface area contributed by atoms with Gasteiger partial charge < -0.3 is 4.90 Å². The molecule has 134 valence electrons. The Bertz CT molecular complexity index is 861. The lowest BCUT2D eigenvalue weighted by Crippen LogP contribution is -2.46. The average molecular weight is 365 g/mol. The van der Waals surface area contributed by atoms with Gasteiger partial charge in [-0.2, -0.15) is 5.10 Å². The number of rotatable bonds is 4. The van der Waals surface area contributed by atoms with Crippen LogP contribution < -0.4 is 0 Å². The maximum Gasteiger partial charge on any atom is 0.250 e. The van der Waals surface area contributed by atoms with E-state index >= 15 is 0 Å².